The van der Waals surface area contributed by atoms with Crippen molar-refractivity contribution in [2.45, 2.75) is 19.4 Å². The molecule has 0 spiro atoms. The number of aromatic hydroxyl groups is 1. The molecule has 1 aromatic carbocycles. The third kappa shape index (κ3) is 4.81. The minimum atomic E-state index is -0.587. The molecule has 0 radical (unpaired) electrons. The third-order valence-corrected chi connectivity index (χ3v) is 2.32. The average molecular weight is 280 g/mol. The molecule has 0 amide bonds. The highest BCUT2D eigenvalue weighted by molar-refractivity contribution is 6.30. The van der Waals surface area contributed by atoms with Gasteiger partial charge in [-0.1, -0.05) is 17.7 Å². The van der Waals surface area contributed by atoms with E-state index in [2.05, 4.69) is 0 Å². The van der Waals surface area contributed by atoms with Crippen molar-refractivity contribution in [2.75, 3.05) is 6.61 Å². The topological polar surface area (TPSA) is 72.5 Å². The number of phenolic OH excluding ortho intramolecular Hbond substituents is 1. The molecule has 1 rings (SSSR count). The number of nitrogens with two attached hydrogens (primary N) is 1. The summed E-state index contributed by atoms with van der Waals surface area (Å²) in [5.41, 5.74) is 6.26. The van der Waals surface area contributed by atoms with E-state index in [1.54, 1.807) is 19.1 Å². The number of hydrogen-bond acceptors (Lipinski definition) is 4. The van der Waals surface area contributed by atoms with Gasteiger partial charge in [0.05, 0.1) is 13.0 Å². The van der Waals surface area contributed by atoms with Crippen molar-refractivity contribution in [3.63, 3.8) is 0 Å². The second-order valence-electron chi connectivity index (χ2n) is 3.32. The minimum absolute atomic E-state index is 0. The summed E-state index contributed by atoms with van der Waals surface area (Å²) < 4.78 is 4.77. The van der Waals surface area contributed by atoms with Crippen molar-refractivity contribution in [3.8, 4) is 5.75 Å². The smallest absolute Gasteiger partial charge is 0.307 e. The first-order valence-electron chi connectivity index (χ1n) is 4.94. The van der Waals surface area contributed by atoms with E-state index in [1.807, 2.05) is 0 Å². The van der Waals surface area contributed by atoms with Gasteiger partial charge in [-0.15, -0.1) is 12.4 Å². The standard InChI is InChI=1S/C11H14ClNO3.ClH/c1-2-16-11(15)6-9(13)8-4-3-7(12)5-10(8)14;/h3-5,9,14H,2,6,13H2,1H3;1H/t9-;/m1./s1. The van der Waals surface area contributed by atoms with Crippen LogP contribution in [0.3, 0.4) is 0 Å². The summed E-state index contributed by atoms with van der Waals surface area (Å²) in [6, 6.07) is 4.02. The highest BCUT2D eigenvalue weighted by Gasteiger charge is 2.15. The third-order valence-electron chi connectivity index (χ3n) is 2.08. The zero-order valence-corrected chi connectivity index (χ0v) is 10.9. The summed E-state index contributed by atoms with van der Waals surface area (Å²) in [4.78, 5) is 11.2. The van der Waals surface area contributed by atoms with Crippen LogP contribution in [0.15, 0.2) is 18.2 Å². The normalized spacial score (nSPS) is 11.5. The summed E-state index contributed by atoms with van der Waals surface area (Å²) >= 11 is 5.68. The van der Waals surface area contributed by atoms with E-state index in [-0.39, 0.29) is 30.5 Å². The summed E-state index contributed by atoms with van der Waals surface area (Å²) in [5.74, 6) is -0.395. The molecular formula is C11H15Cl2NO3. The lowest BCUT2D eigenvalue weighted by Crippen LogP contribution is -2.17. The van der Waals surface area contributed by atoms with Crippen LogP contribution in [0.25, 0.3) is 0 Å². The van der Waals surface area contributed by atoms with Gasteiger partial charge in [-0.2, -0.15) is 0 Å². The average Bonchev–Trinajstić information content (AvgIpc) is 2.17. The van der Waals surface area contributed by atoms with E-state index >= 15 is 0 Å². The van der Waals surface area contributed by atoms with Crippen molar-refractivity contribution in [1.29, 1.82) is 0 Å². The second-order valence-corrected chi connectivity index (χ2v) is 3.76. The van der Waals surface area contributed by atoms with Crippen LogP contribution in [0.5, 0.6) is 5.75 Å². The summed E-state index contributed by atoms with van der Waals surface area (Å²) in [6.45, 7) is 2.04. The first kappa shape index (κ1) is 16.0. The fourth-order valence-electron chi connectivity index (χ4n) is 1.34. The number of carbonyl (C=O) groups is 1. The lowest BCUT2D eigenvalue weighted by Gasteiger charge is -2.12. The first-order valence-corrected chi connectivity index (χ1v) is 5.32. The molecule has 0 saturated heterocycles. The van der Waals surface area contributed by atoms with Gasteiger partial charge in [0.1, 0.15) is 5.75 Å². The summed E-state index contributed by atoms with van der Waals surface area (Å²) in [7, 11) is 0. The zero-order valence-electron chi connectivity index (χ0n) is 9.35. The Kier molecular flexibility index (Phi) is 6.95. The monoisotopic (exact) mass is 279 g/mol. The number of esters is 1. The van der Waals surface area contributed by atoms with E-state index in [0.717, 1.165) is 0 Å². The lowest BCUT2D eigenvalue weighted by atomic mass is 10.0. The Morgan fingerprint density at radius 2 is 2.24 bits per heavy atom. The number of carbonyl (C=O) groups excluding carboxylic acids is 1. The molecule has 0 bridgehead atoms. The van der Waals surface area contributed by atoms with Gasteiger partial charge in [0.25, 0.3) is 0 Å². The Balaban J connectivity index is 0.00000256. The highest BCUT2D eigenvalue weighted by atomic mass is 35.5. The van der Waals surface area contributed by atoms with E-state index in [0.29, 0.717) is 17.2 Å². The van der Waals surface area contributed by atoms with Crippen LogP contribution in [0.2, 0.25) is 5.02 Å². The number of phenols is 1. The molecule has 0 aliphatic heterocycles. The molecule has 0 heterocycles. The molecule has 0 aliphatic carbocycles. The van der Waals surface area contributed by atoms with E-state index in [4.69, 9.17) is 22.1 Å². The molecule has 0 saturated carbocycles. The number of hydrogen-bond donors (Lipinski definition) is 2. The number of benzene rings is 1. The molecule has 0 fully saturated rings. The molecular weight excluding hydrogens is 265 g/mol. The van der Waals surface area contributed by atoms with E-state index in [9.17, 15) is 9.90 Å². The highest BCUT2D eigenvalue weighted by Crippen LogP contribution is 2.27. The Bertz CT molecular complexity index is 385. The number of rotatable bonds is 4. The maximum atomic E-state index is 11.2. The molecule has 17 heavy (non-hydrogen) atoms. The fraction of sp³-hybridized carbons (Fsp3) is 0.364. The Hall–Kier alpha value is -0.970. The quantitative estimate of drug-likeness (QED) is 0.831. The minimum Gasteiger partial charge on any atom is -0.508 e. The molecule has 3 N–H and O–H groups in total. The van der Waals surface area contributed by atoms with Gasteiger partial charge in [0.2, 0.25) is 0 Å². The van der Waals surface area contributed by atoms with Gasteiger partial charge in [-0.3, -0.25) is 4.79 Å². The van der Waals surface area contributed by atoms with Crippen LogP contribution in [0.1, 0.15) is 24.9 Å². The van der Waals surface area contributed by atoms with Gasteiger partial charge in [0, 0.05) is 16.6 Å². The molecule has 0 aromatic heterocycles. The summed E-state index contributed by atoms with van der Waals surface area (Å²) in [6.07, 6.45) is 0.0308. The van der Waals surface area contributed by atoms with Crippen molar-refractivity contribution in [1.82, 2.24) is 0 Å². The van der Waals surface area contributed by atoms with Gasteiger partial charge in [-0.05, 0) is 19.1 Å². The van der Waals surface area contributed by atoms with Crippen molar-refractivity contribution in [3.05, 3.63) is 28.8 Å². The summed E-state index contributed by atoms with van der Waals surface area (Å²) in [5, 5.41) is 10.0. The Labute approximate surface area is 111 Å². The van der Waals surface area contributed by atoms with E-state index < -0.39 is 6.04 Å². The molecule has 96 valence electrons. The van der Waals surface area contributed by atoms with Crippen molar-refractivity contribution < 1.29 is 14.6 Å². The predicted molar refractivity (Wildman–Crippen MR) is 68.5 cm³/mol. The van der Waals surface area contributed by atoms with Gasteiger partial charge < -0.3 is 15.6 Å². The zero-order chi connectivity index (χ0) is 12.1. The van der Waals surface area contributed by atoms with Crippen LogP contribution < -0.4 is 5.73 Å². The Morgan fingerprint density at radius 3 is 2.76 bits per heavy atom. The maximum Gasteiger partial charge on any atom is 0.307 e. The molecule has 1 atom stereocenters. The van der Waals surface area contributed by atoms with Gasteiger partial charge >= 0.3 is 5.97 Å². The molecule has 6 heteroatoms. The molecule has 4 nitrogen and oxygen atoms in total. The second kappa shape index (κ2) is 7.37. The van der Waals surface area contributed by atoms with Crippen LogP contribution >= 0.6 is 24.0 Å². The van der Waals surface area contributed by atoms with Crippen LogP contribution in [-0.2, 0) is 9.53 Å². The first-order chi connectivity index (χ1) is 7.54. The molecule has 0 unspecified atom stereocenters. The molecule has 0 aliphatic rings. The fourth-order valence-corrected chi connectivity index (χ4v) is 1.51. The van der Waals surface area contributed by atoms with Crippen molar-refractivity contribution in [2.24, 2.45) is 5.73 Å². The van der Waals surface area contributed by atoms with Crippen molar-refractivity contribution >= 4 is 30.0 Å². The van der Waals surface area contributed by atoms with Crippen LogP contribution in [-0.4, -0.2) is 17.7 Å². The lowest BCUT2D eigenvalue weighted by molar-refractivity contribution is -0.143. The molecule has 1 aromatic rings. The Morgan fingerprint density at radius 1 is 1.59 bits per heavy atom. The number of halogens is 2. The van der Waals surface area contributed by atoms with Crippen LogP contribution in [0.4, 0.5) is 0 Å². The largest absolute Gasteiger partial charge is 0.508 e. The number of ether oxygens (including phenoxy) is 1. The predicted octanol–water partition coefficient (Wildman–Crippen LogP) is 2.42. The SMILES string of the molecule is CCOC(=O)C[C@@H](N)c1ccc(Cl)cc1O.Cl. The van der Waals surface area contributed by atoms with Gasteiger partial charge in [-0.25, -0.2) is 0 Å². The maximum absolute atomic E-state index is 11.2. The van der Waals surface area contributed by atoms with E-state index in [1.165, 1.54) is 6.07 Å². The van der Waals surface area contributed by atoms with Crippen LogP contribution in [0, 0.1) is 0 Å². The van der Waals surface area contributed by atoms with Gasteiger partial charge in [0.15, 0.2) is 0 Å².